The SMILES string of the molecule is C=C1C[C@H]2CN3C(=O)OCc4ccc(cc4)NC(=O)[C@H](CCCCNC(=O)CCOCCOC)NC(=O)[C@H](C)CC(=O)CCC(=O)C[C@@H](C)C(=O)N[C@@H](CCCCCC(=O)CCOCCOC)C(=O)Nc4ccc(cc4)COC(=O)N4c5cc(c(OC)cc5C(=O)N5CC(=C)C[C@H]5C4C)OCCP(=O)(NCCCNC(=O)CCN4C(=O)CC(SC)C4=O)CCOc4cc3c(cc4OC)C(=O)N2C1. The van der Waals surface area contributed by atoms with Gasteiger partial charge in [0.2, 0.25) is 47.3 Å². The first kappa shape index (κ1) is 107. The van der Waals surface area contributed by atoms with Crippen LogP contribution in [-0.4, -0.2) is 284 Å². The van der Waals surface area contributed by atoms with Gasteiger partial charge in [-0.15, -0.1) is 0 Å². The van der Waals surface area contributed by atoms with Crippen LogP contribution in [0.5, 0.6) is 23.0 Å². The van der Waals surface area contributed by atoms with Gasteiger partial charge in [0.05, 0.1) is 119 Å². The van der Waals surface area contributed by atoms with Gasteiger partial charge >= 0.3 is 12.2 Å². The Morgan fingerprint density at radius 1 is 0.533 bits per heavy atom. The summed E-state index contributed by atoms with van der Waals surface area (Å²) in [7, 11) is 2.14. The molecular weight excluding hydrogens is 1810 g/mol. The molecule has 0 radical (unpaired) electrons. The fourth-order valence-electron chi connectivity index (χ4n) is 16.8. The van der Waals surface area contributed by atoms with E-state index in [1.54, 1.807) is 78.6 Å². The van der Waals surface area contributed by atoms with Crippen LogP contribution in [0.3, 0.4) is 0 Å². The molecule has 3 fully saturated rings. The van der Waals surface area contributed by atoms with Crippen molar-refractivity contribution in [1.29, 1.82) is 0 Å². The number of ether oxygens (including phenoxy) is 10. The summed E-state index contributed by atoms with van der Waals surface area (Å²) in [5.74, 6) is -7.21. The minimum atomic E-state index is -3.70. The maximum absolute atomic E-state index is 15.7. The van der Waals surface area contributed by atoms with E-state index in [-0.39, 0.29) is 244 Å². The molecule has 0 aromatic heterocycles. The number of Topliss-reactive ketones (excluding diaryl/α,β-unsaturated/α-hetero) is 3. The number of amides is 12. The Bertz CT molecular complexity index is 5040. The number of rotatable bonds is 34. The van der Waals surface area contributed by atoms with Gasteiger partial charge in [-0.3, -0.25) is 82.1 Å². The van der Waals surface area contributed by atoms with E-state index in [4.69, 9.17) is 47.4 Å². The van der Waals surface area contributed by atoms with Gasteiger partial charge in [0.25, 0.3) is 11.8 Å². The molecule has 746 valence electrons. The second-order valence-corrected chi connectivity index (χ2v) is 39.1. The summed E-state index contributed by atoms with van der Waals surface area (Å²) >= 11 is 1.27. The summed E-state index contributed by atoms with van der Waals surface area (Å²) in [4.78, 5) is 215. The second kappa shape index (κ2) is 53.4. The molecule has 8 bridgehead atoms. The summed E-state index contributed by atoms with van der Waals surface area (Å²) in [6.07, 6.45) is 2.47. The highest BCUT2D eigenvalue weighted by molar-refractivity contribution is 8.00. The smallest absolute Gasteiger partial charge is 0.414 e. The number of carbonyl (C=O) groups is 15. The number of imide groups is 1. The van der Waals surface area contributed by atoms with Gasteiger partial charge in [0, 0.05) is 159 Å². The summed E-state index contributed by atoms with van der Waals surface area (Å²) in [5.41, 5.74) is 3.45. The third kappa shape index (κ3) is 31.5. The fourth-order valence-corrected chi connectivity index (χ4v) is 19.4. The number of nitrogens with zero attached hydrogens (tertiary/aromatic N) is 5. The average molecular weight is 1940 g/mol. The van der Waals surface area contributed by atoms with Crippen LogP contribution in [0, 0.1) is 11.8 Å². The number of likely N-dealkylation sites (tertiary alicyclic amines) is 1. The lowest BCUT2D eigenvalue weighted by atomic mass is 9.96. The highest BCUT2D eigenvalue weighted by Gasteiger charge is 2.47. The maximum Gasteiger partial charge on any atom is 0.414 e. The molecule has 40 heteroatoms. The molecule has 4 aromatic carbocycles. The molecule has 9 aliphatic rings. The first-order chi connectivity index (χ1) is 65.8. The van der Waals surface area contributed by atoms with E-state index in [1.807, 2.05) is 0 Å². The first-order valence-corrected chi connectivity index (χ1v) is 50.1. The Morgan fingerprint density at radius 3 is 1.60 bits per heavy atom. The van der Waals surface area contributed by atoms with Gasteiger partial charge in [-0.05, 0) is 112 Å². The Kier molecular flexibility index (Phi) is 41.8. The standard InChI is InChI=1S/C97H131N12O26PS/c1-61-47-70-58-108-79-53-83(81(128-8)51-74(79)93(120)106(70)56-61)132-43-45-136(125,100-35-16-34-99-86(113)30-36-105-88(115)55-85(137-10)95(105)122)46-44-133-84-54-80-75(52-82(84)129-9)94(121)107-57-62(2)48-78(107)65(5)109(80)97(124)135-60-67-22-26-69(27-23-67)101-91(118)76(18-13-11-12-17-71(110)31-37-130-41-39-126-6)103-89(116)63(3)49-72(111)28-29-73(112)50-64(4)90(117)104-77(19-14-15-33-98-87(114)32-38-131-42-40-127-7)92(119)102-68-24-20-66(21-25-68)59-134-96(108)123/h20-27,51-54,63-65,70,76-78,85H,1-2,11-19,28-50,55-60H2,3-10H3,(H,98,114)(H,99,113)(H,100,125)(H,101,118)(H,102,119)(H,103,116)(H,104,117)/t63-,64-,65?,70+,76+,77+,78+,85?,136?/m1/s1. The van der Waals surface area contributed by atoms with Gasteiger partial charge < -0.3 is 93.6 Å². The number of fused-ring (bicyclic) bond motifs is 2. The lowest BCUT2D eigenvalue weighted by Gasteiger charge is -2.33. The van der Waals surface area contributed by atoms with E-state index in [0.717, 1.165) is 16.0 Å². The summed E-state index contributed by atoms with van der Waals surface area (Å²) in [6.45, 7) is 14.6. The van der Waals surface area contributed by atoms with Crippen LogP contribution in [-0.2, 0) is 98.9 Å². The van der Waals surface area contributed by atoms with Crippen LogP contribution in [0.15, 0.2) is 97.1 Å². The number of hydrogen-bond acceptors (Lipinski definition) is 27. The predicted octanol–water partition coefficient (Wildman–Crippen LogP) is 9.40. The minimum absolute atomic E-state index is 0.00149. The molecule has 4 aromatic rings. The highest BCUT2D eigenvalue weighted by atomic mass is 32.2. The summed E-state index contributed by atoms with van der Waals surface area (Å²) in [6, 6.07) is 14.6. The van der Waals surface area contributed by atoms with E-state index < -0.39 is 120 Å². The molecule has 9 atom stereocenters. The molecule has 7 N–H and O–H groups in total. The Labute approximate surface area is 803 Å². The van der Waals surface area contributed by atoms with Gasteiger partial charge in [0.1, 0.15) is 42.6 Å². The normalized spacial score (nSPS) is 22.2. The minimum Gasteiger partial charge on any atom is -0.493 e. The number of benzene rings is 4. The van der Waals surface area contributed by atoms with Crippen LogP contribution in [0.4, 0.5) is 32.3 Å². The van der Waals surface area contributed by atoms with Crippen molar-refractivity contribution < 1.29 is 124 Å². The van der Waals surface area contributed by atoms with Crippen molar-refractivity contribution in [3.05, 3.63) is 119 Å². The molecule has 12 amide bonds. The molecule has 3 saturated heterocycles. The number of unbranched alkanes of at least 4 members (excludes halogenated alkanes) is 3. The highest BCUT2D eigenvalue weighted by Crippen LogP contribution is 2.46. The Morgan fingerprint density at radius 2 is 1.04 bits per heavy atom. The van der Waals surface area contributed by atoms with E-state index in [1.165, 1.54) is 81.0 Å². The van der Waals surface area contributed by atoms with Crippen molar-refractivity contribution in [3.8, 4) is 23.0 Å². The molecule has 9 aliphatic heterocycles. The third-order valence-electron chi connectivity index (χ3n) is 24.7. The van der Waals surface area contributed by atoms with E-state index >= 15 is 9.36 Å². The van der Waals surface area contributed by atoms with E-state index in [2.05, 4.69) is 50.1 Å². The molecule has 3 unspecified atom stereocenters. The monoisotopic (exact) mass is 1940 g/mol. The van der Waals surface area contributed by atoms with Gasteiger partial charge in [0.15, 0.2) is 30.3 Å². The van der Waals surface area contributed by atoms with Crippen molar-refractivity contribution in [2.75, 3.05) is 166 Å². The lowest BCUT2D eigenvalue weighted by molar-refractivity contribution is -0.139. The number of ketones is 3. The number of carbonyl (C=O) groups excluding carboxylic acids is 15. The zero-order chi connectivity index (χ0) is 98.8. The predicted molar refractivity (Wildman–Crippen MR) is 510 cm³/mol. The first-order valence-electron chi connectivity index (χ1n) is 46.7. The number of nitrogens with one attached hydrogen (secondary N) is 7. The summed E-state index contributed by atoms with van der Waals surface area (Å²) in [5, 5.41) is 19.7. The molecule has 13 rings (SSSR count). The van der Waals surface area contributed by atoms with Crippen molar-refractivity contribution in [2.24, 2.45) is 11.8 Å². The summed E-state index contributed by atoms with van der Waals surface area (Å²) < 4.78 is 73.5. The third-order valence-corrected chi connectivity index (χ3v) is 28.2. The van der Waals surface area contributed by atoms with Crippen LogP contribution >= 0.6 is 19.1 Å². The maximum atomic E-state index is 15.7. The average Bonchev–Trinajstić information content (AvgIpc) is 1.61. The Hall–Kier alpha value is -11.6. The molecule has 38 nitrogen and oxygen atoms in total. The van der Waals surface area contributed by atoms with Crippen LogP contribution in [0.2, 0.25) is 0 Å². The van der Waals surface area contributed by atoms with Crippen molar-refractivity contribution in [2.45, 2.75) is 191 Å². The quantitative estimate of drug-likeness (QED) is 0.00990. The zero-order valence-electron chi connectivity index (χ0n) is 79.5. The molecule has 0 spiro atoms. The largest absolute Gasteiger partial charge is 0.493 e. The Balaban J connectivity index is 0.920. The number of methoxy groups -OCH3 is 4. The van der Waals surface area contributed by atoms with Crippen molar-refractivity contribution in [1.82, 2.24) is 41.1 Å². The van der Waals surface area contributed by atoms with Gasteiger partial charge in [-0.2, -0.15) is 11.8 Å². The van der Waals surface area contributed by atoms with E-state index in [0.29, 0.717) is 93.9 Å². The van der Waals surface area contributed by atoms with Gasteiger partial charge in [-0.25, -0.2) is 9.59 Å². The molecule has 9 heterocycles. The zero-order valence-corrected chi connectivity index (χ0v) is 81.2. The van der Waals surface area contributed by atoms with Crippen molar-refractivity contribution in [3.63, 3.8) is 0 Å². The number of thioether (sulfide) groups is 1. The molecular formula is C97H131N12O26PS. The number of anilines is 4. The second-order valence-electron chi connectivity index (χ2n) is 35.0. The molecule has 0 aliphatic carbocycles. The fraction of sp³-hybridized carbons (Fsp3) is 0.557. The molecule has 137 heavy (non-hydrogen) atoms. The topological polar surface area (TPSA) is 466 Å². The molecule has 0 saturated carbocycles. The van der Waals surface area contributed by atoms with Crippen LogP contribution in [0.25, 0.3) is 0 Å². The number of hydrogen-bond donors (Lipinski definition) is 7. The van der Waals surface area contributed by atoms with Crippen LogP contribution < -0.4 is 65.7 Å². The van der Waals surface area contributed by atoms with Gasteiger partial charge in [-0.1, -0.05) is 75.3 Å². The van der Waals surface area contributed by atoms with E-state index in [9.17, 15) is 67.1 Å². The lowest BCUT2D eigenvalue weighted by Crippen LogP contribution is -2.49. The van der Waals surface area contributed by atoms with Crippen LogP contribution in [0.1, 0.15) is 175 Å². The van der Waals surface area contributed by atoms with Crippen molar-refractivity contribution >= 4 is 130 Å².